The van der Waals surface area contributed by atoms with E-state index in [2.05, 4.69) is 5.32 Å². The third kappa shape index (κ3) is 5.59. The van der Waals surface area contributed by atoms with Crippen LogP contribution in [0.1, 0.15) is 61.4 Å². The van der Waals surface area contributed by atoms with Crippen LogP contribution in [0, 0.1) is 5.92 Å². The predicted octanol–water partition coefficient (Wildman–Crippen LogP) is 1.94. The van der Waals surface area contributed by atoms with E-state index in [1.165, 1.54) is 0 Å². The summed E-state index contributed by atoms with van der Waals surface area (Å²) < 4.78 is 0. The van der Waals surface area contributed by atoms with Gasteiger partial charge in [-0.1, -0.05) is 25.0 Å². The summed E-state index contributed by atoms with van der Waals surface area (Å²) in [7, 11) is 0. The standard InChI is InChI=1S/C23H33N3O4/c1-2-25-14-19(10-11-21(25)28)23(30)26-12-5-3-4-9-20(15-26)24-22(29)18-8-6-7-17(13-18)16-27/h6-8,13,19-20,27H,2-5,9-12,14-16H2,1H3,(H,24,29). The van der Waals surface area contributed by atoms with Crippen LogP contribution >= 0.6 is 0 Å². The molecule has 0 bridgehead atoms. The molecule has 2 aliphatic rings. The number of likely N-dealkylation sites (tertiary alicyclic amines) is 2. The highest BCUT2D eigenvalue weighted by atomic mass is 16.3. The molecule has 7 heteroatoms. The quantitative estimate of drug-likeness (QED) is 0.769. The van der Waals surface area contributed by atoms with Crippen molar-refractivity contribution in [2.24, 2.45) is 5.92 Å². The van der Waals surface area contributed by atoms with Gasteiger partial charge in [-0.2, -0.15) is 0 Å². The normalized spacial score (nSPS) is 22.9. The van der Waals surface area contributed by atoms with Crippen LogP contribution < -0.4 is 5.32 Å². The summed E-state index contributed by atoms with van der Waals surface area (Å²) in [6.07, 6.45) is 4.88. The average Bonchev–Trinajstić information content (AvgIpc) is 2.75. The van der Waals surface area contributed by atoms with Crippen LogP contribution in [0.2, 0.25) is 0 Å². The number of amides is 3. The molecule has 164 valence electrons. The van der Waals surface area contributed by atoms with Crippen LogP contribution in [0.25, 0.3) is 0 Å². The number of hydrogen-bond acceptors (Lipinski definition) is 4. The van der Waals surface area contributed by atoms with Gasteiger partial charge in [-0.05, 0) is 43.9 Å². The first kappa shape index (κ1) is 22.3. The van der Waals surface area contributed by atoms with Gasteiger partial charge in [0.05, 0.1) is 12.5 Å². The van der Waals surface area contributed by atoms with Crippen molar-refractivity contribution in [1.82, 2.24) is 15.1 Å². The van der Waals surface area contributed by atoms with Gasteiger partial charge in [-0.3, -0.25) is 14.4 Å². The summed E-state index contributed by atoms with van der Waals surface area (Å²) in [6, 6.07) is 6.87. The Morgan fingerprint density at radius 2 is 2.00 bits per heavy atom. The summed E-state index contributed by atoms with van der Waals surface area (Å²) in [5.74, 6) is -0.0998. The highest BCUT2D eigenvalue weighted by Gasteiger charge is 2.33. The lowest BCUT2D eigenvalue weighted by molar-refractivity contribution is -0.143. The molecule has 7 nitrogen and oxygen atoms in total. The van der Waals surface area contributed by atoms with Crippen molar-refractivity contribution in [2.75, 3.05) is 26.2 Å². The third-order valence-corrected chi connectivity index (χ3v) is 6.17. The van der Waals surface area contributed by atoms with E-state index in [-0.39, 0.29) is 36.3 Å². The number of rotatable bonds is 5. The van der Waals surface area contributed by atoms with Crippen molar-refractivity contribution in [3.05, 3.63) is 35.4 Å². The first-order valence-electron chi connectivity index (χ1n) is 11.1. The lowest BCUT2D eigenvalue weighted by atomic mass is 9.94. The van der Waals surface area contributed by atoms with Crippen LogP contribution in [0.5, 0.6) is 0 Å². The van der Waals surface area contributed by atoms with Gasteiger partial charge in [0.1, 0.15) is 0 Å². The molecule has 0 aromatic heterocycles. The first-order chi connectivity index (χ1) is 14.5. The molecule has 0 radical (unpaired) electrons. The first-order valence-corrected chi connectivity index (χ1v) is 11.1. The zero-order valence-corrected chi connectivity index (χ0v) is 17.8. The molecule has 2 N–H and O–H groups in total. The number of nitrogens with zero attached hydrogens (tertiary/aromatic N) is 2. The fourth-order valence-electron chi connectivity index (χ4n) is 4.40. The van der Waals surface area contributed by atoms with Crippen LogP contribution in [0.15, 0.2) is 24.3 Å². The van der Waals surface area contributed by atoms with Crippen LogP contribution in [0.4, 0.5) is 0 Å². The van der Waals surface area contributed by atoms with Crippen molar-refractivity contribution in [1.29, 1.82) is 0 Å². The molecule has 2 saturated heterocycles. The van der Waals surface area contributed by atoms with Gasteiger partial charge in [0.25, 0.3) is 5.91 Å². The van der Waals surface area contributed by atoms with E-state index < -0.39 is 0 Å². The molecule has 3 rings (SSSR count). The molecule has 3 amide bonds. The highest BCUT2D eigenvalue weighted by Crippen LogP contribution is 2.22. The maximum absolute atomic E-state index is 13.2. The smallest absolute Gasteiger partial charge is 0.251 e. The molecule has 2 heterocycles. The number of benzene rings is 1. The summed E-state index contributed by atoms with van der Waals surface area (Å²) >= 11 is 0. The number of hydrogen-bond donors (Lipinski definition) is 2. The van der Waals surface area contributed by atoms with E-state index in [4.69, 9.17) is 0 Å². The van der Waals surface area contributed by atoms with Crippen molar-refractivity contribution in [3.63, 3.8) is 0 Å². The second-order valence-corrected chi connectivity index (χ2v) is 8.33. The van der Waals surface area contributed by atoms with Gasteiger partial charge in [0, 0.05) is 44.2 Å². The monoisotopic (exact) mass is 415 g/mol. The Hall–Kier alpha value is -2.41. The number of aliphatic hydroxyl groups excluding tert-OH is 1. The highest BCUT2D eigenvalue weighted by molar-refractivity contribution is 5.94. The van der Waals surface area contributed by atoms with E-state index in [1.807, 2.05) is 11.8 Å². The lowest BCUT2D eigenvalue weighted by Crippen LogP contribution is -2.51. The Balaban J connectivity index is 1.65. The van der Waals surface area contributed by atoms with Gasteiger partial charge in [0.2, 0.25) is 11.8 Å². The second kappa shape index (κ2) is 10.6. The molecule has 30 heavy (non-hydrogen) atoms. The van der Waals surface area contributed by atoms with Crippen molar-refractivity contribution < 1.29 is 19.5 Å². The van der Waals surface area contributed by atoms with Gasteiger partial charge < -0.3 is 20.2 Å². The minimum atomic E-state index is -0.177. The third-order valence-electron chi connectivity index (χ3n) is 6.17. The number of piperidine rings is 1. The fraction of sp³-hybridized carbons (Fsp3) is 0.609. The topological polar surface area (TPSA) is 90.0 Å². The van der Waals surface area contributed by atoms with Gasteiger partial charge in [-0.15, -0.1) is 0 Å². The van der Waals surface area contributed by atoms with E-state index >= 15 is 0 Å². The van der Waals surface area contributed by atoms with Crippen LogP contribution in [-0.4, -0.2) is 64.8 Å². The van der Waals surface area contributed by atoms with E-state index in [1.54, 1.807) is 29.2 Å². The number of aliphatic hydroxyl groups is 1. The molecule has 2 aliphatic heterocycles. The minimum Gasteiger partial charge on any atom is -0.392 e. The fourth-order valence-corrected chi connectivity index (χ4v) is 4.40. The molecule has 0 saturated carbocycles. The Labute approximate surface area is 178 Å². The van der Waals surface area contributed by atoms with E-state index in [0.29, 0.717) is 50.1 Å². The minimum absolute atomic E-state index is 0.101. The SMILES string of the molecule is CCN1CC(C(=O)N2CCCCCC(NC(=O)c3cccc(CO)c3)C2)CCC1=O. The predicted molar refractivity (Wildman–Crippen MR) is 114 cm³/mol. The average molecular weight is 416 g/mol. The molecule has 0 aliphatic carbocycles. The molecule has 1 aromatic carbocycles. The Bertz CT molecular complexity index is 767. The number of carbonyl (C=O) groups excluding carboxylic acids is 3. The molecule has 2 atom stereocenters. The summed E-state index contributed by atoms with van der Waals surface area (Å²) in [6.45, 7) is 4.16. The largest absolute Gasteiger partial charge is 0.392 e. The van der Waals surface area contributed by atoms with Crippen LogP contribution in [0.3, 0.4) is 0 Å². The van der Waals surface area contributed by atoms with Crippen LogP contribution in [-0.2, 0) is 16.2 Å². The molecular weight excluding hydrogens is 382 g/mol. The molecule has 2 unspecified atom stereocenters. The Kier molecular flexibility index (Phi) is 7.85. The van der Waals surface area contributed by atoms with E-state index in [0.717, 1.165) is 25.7 Å². The molecule has 1 aromatic rings. The van der Waals surface area contributed by atoms with Gasteiger partial charge in [-0.25, -0.2) is 0 Å². The van der Waals surface area contributed by atoms with E-state index in [9.17, 15) is 19.5 Å². The molecule has 2 fully saturated rings. The zero-order chi connectivity index (χ0) is 21.5. The van der Waals surface area contributed by atoms with Gasteiger partial charge in [0.15, 0.2) is 0 Å². The zero-order valence-electron chi connectivity index (χ0n) is 17.8. The van der Waals surface area contributed by atoms with Crippen molar-refractivity contribution >= 4 is 17.7 Å². The molecular formula is C23H33N3O4. The maximum Gasteiger partial charge on any atom is 0.251 e. The molecule has 0 spiro atoms. The maximum atomic E-state index is 13.2. The second-order valence-electron chi connectivity index (χ2n) is 8.33. The summed E-state index contributed by atoms with van der Waals surface area (Å²) in [5, 5.41) is 12.4. The van der Waals surface area contributed by atoms with Crippen molar-refractivity contribution in [2.45, 2.75) is 58.1 Å². The lowest BCUT2D eigenvalue weighted by Gasteiger charge is -2.36. The summed E-state index contributed by atoms with van der Waals surface area (Å²) in [5.41, 5.74) is 1.22. The van der Waals surface area contributed by atoms with Gasteiger partial charge >= 0.3 is 0 Å². The Morgan fingerprint density at radius 1 is 1.17 bits per heavy atom. The Morgan fingerprint density at radius 3 is 2.77 bits per heavy atom. The van der Waals surface area contributed by atoms with Crippen molar-refractivity contribution in [3.8, 4) is 0 Å². The number of nitrogens with one attached hydrogen (secondary N) is 1. The number of carbonyl (C=O) groups is 3. The summed E-state index contributed by atoms with van der Waals surface area (Å²) in [4.78, 5) is 41.6.